The number of nitrogens with one attached hydrogen (secondary N) is 3. The number of anilines is 1. The summed E-state index contributed by atoms with van der Waals surface area (Å²) in [7, 11) is 1.18. The number of halogens is 1. The highest BCUT2D eigenvalue weighted by Gasteiger charge is 2.25. The van der Waals surface area contributed by atoms with E-state index in [0.717, 1.165) is 6.07 Å². The van der Waals surface area contributed by atoms with Crippen molar-refractivity contribution >= 4 is 35.1 Å². The smallest absolute Gasteiger partial charge is 0.330 e. The normalized spacial score (nSPS) is 11.0. The Morgan fingerprint density at radius 2 is 1.89 bits per heavy atom. The van der Waals surface area contributed by atoms with Crippen LogP contribution < -0.4 is 16.0 Å². The zero-order valence-electron chi connectivity index (χ0n) is 20.2. The van der Waals surface area contributed by atoms with Crippen LogP contribution in [0.25, 0.3) is 0 Å². The van der Waals surface area contributed by atoms with Gasteiger partial charge >= 0.3 is 5.97 Å². The molecule has 0 saturated carbocycles. The van der Waals surface area contributed by atoms with Gasteiger partial charge in [-0.2, -0.15) is 0 Å². The van der Waals surface area contributed by atoms with E-state index < -0.39 is 23.7 Å². The SMILES string of the molecule is COC(=O)C(CNC(=O)c1cccs1)NC(=O)c1c(C)nc(NCC#Cc2cc(O)cc(F)c2)nc1C. The molecule has 4 N–H and O–H groups in total. The van der Waals surface area contributed by atoms with Crippen molar-refractivity contribution in [2.75, 3.05) is 25.5 Å². The second kappa shape index (κ2) is 12.5. The van der Waals surface area contributed by atoms with Crippen molar-refractivity contribution in [2.45, 2.75) is 19.9 Å². The highest BCUT2D eigenvalue weighted by molar-refractivity contribution is 7.12. The minimum Gasteiger partial charge on any atom is -0.508 e. The molecule has 3 rings (SSSR count). The summed E-state index contributed by atoms with van der Waals surface area (Å²) in [5.41, 5.74) is 1.18. The molecule has 0 aliphatic rings. The molecule has 0 bridgehead atoms. The van der Waals surface area contributed by atoms with Crippen molar-refractivity contribution in [1.82, 2.24) is 20.6 Å². The minimum absolute atomic E-state index is 0.121. The summed E-state index contributed by atoms with van der Waals surface area (Å²) >= 11 is 1.25. The average molecular weight is 526 g/mol. The number of rotatable bonds is 8. The maximum Gasteiger partial charge on any atom is 0.330 e. The van der Waals surface area contributed by atoms with Crippen molar-refractivity contribution in [3.8, 4) is 17.6 Å². The van der Waals surface area contributed by atoms with Crippen LogP contribution in [0.1, 0.15) is 37.0 Å². The number of nitrogens with zero attached hydrogens (tertiary/aromatic N) is 2. The molecule has 12 heteroatoms. The largest absolute Gasteiger partial charge is 0.508 e. The summed E-state index contributed by atoms with van der Waals surface area (Å²) in [5, 5.41) is 19.3. The van der Waals surface area contributed by atoms with Crippen LogP contribution >= 0.6 is 11.3 Å². The van der Waals surface area contributed by atoms with Crippen molar-refractivity contribution < 1.29 is 28.6 Å². The van der Waals surface area contributed by atoms with Crippen LogP contribution in [0.15, 0.2) is 35.7 Å². The van der Waals surface area contributed by atoms with Crippen LogP contribution in [0.2, 0.25) is 0 Å². The number of carbonyl (C=O) groups is 3. The molecular weight excluding hydrogens is 501 g/mol. The van der Waals surface area contributed by atoms with E-state index in [1.165, 1.54) is 30.6 Å². The summed E-state index contributed by atoms with van der Waals surface area (Å²) < 4.78 is 18.1. The lowest BCUT2D eigenvalue weighted by Gasteiger charge is -2.18. The molecule has 1 atom stereocenters. The molecule has 1 unspecified atom stereocenters. The Balaban J connectivity index is 1.65. The number of hydrogen-bond acceptors (Lipinski definition) is 9. The number of carbonyl (C=O) groups excluding carboxylic acids is 3. The third-order valence-electron chi connectivity index (χ3n) is 4.95. The number of phenols is 1. The molecule has 2 aromatic heterocycles. The molecule has 1 aromatic carbocycles. The van der Waals surface area contributed by atoms with Crippen LogP contribution in [0.4, 0.5) is 10.3 Å². The van der Waals surface area contributed by atoms with Gasteiger partial charge in [-0.1, -0.05) is 17.9 Å². The van der Waals surface area contributed by atoms with Gasteiger partial charge in [0.25, 0.3) is 11.8 Å². The third-order valence-corrected chi connectivity index (χ3v) is 5.82. The molecule has 0 fully saturated rings. The number of phenolic OH excluding ortho intramolecular Hbond substituents is 1. The number of hydrogen-bond donors (Lipinski definition) is 4. The van der Waals surface area contributed by atoms with E-state index in [-0.39, 0.29) is 36.3 Å². The Labute approximate surface area is 216 Å². The zero-order chi connectivity index (χ0) is 26.9. The van der Waals surface area contributed by atoms with Gasteiger partial charge in [-0.15, -0.1) is 11.3 Å². The van der Waals surface area contributed by atoms with Gasteiger partial charge in [0.2, 0.25) is 5.95 Å². The number of esters is 1. The number of aromatic hydroxyl groups is 1. The van der Waals surface area contributed by atoms with Crippen LogP contribution in [0.5, 0.6) is 5.75 Å². The van der Waals surface area contributed by atoms with Gasteiger partial charge in [-0.05, 0) is 37.4 Å². The van der Waals surface area contributed by atoms with Crippen molar-refractivity contribution in [3.05, 3.63) is 68.9 Å². The Hall–Kier alpha value is -4.50. The van der Waals surface area contributed by atoms with Gasteiger partial charge < -0.3 is 25.8 Å². The molecule has 3 aromatic rings. The summed E-state index contributed by atoms with van der Waals surface area (Å²) in [6.07, 6.45) is 0. The first kappa shape index (κ1) is 27.1. The third kappa shape index (κ3) is 7.49. The van der Waals surface area contributed by atoms with Crippen LogP contribution in [-0.2, 0) is 9.53 Å². The summed E-state index contributed by atoms with van der Waals surface area (Å²) in [6.45, 7) is 3.18. The standard InChI is InChI=1S/C25H24FN5O5S/c1-14-21(23(34)31-19(24(35)36-3)13-28-22(33)20-7-5-9-37-20)15(2)30-25(29-14)27-8-4-6-16-10-17(26)12-18(32)11-16/h5,7,9-12,19,32H,8,13H2,1-3H3,(H,28,33)(H,31,34)(H,27,29,30). The molecule has 2 heterocycles. The second-order valence-electron chi connectivity index (χ2n) is 7.68. The van der Waals surface area contributed by atoms with E-state index in [1.54, 1.807) is 31.4 Å². The van der Waals surface area contributed by atoms with Crippen LogP contribution in [0.3, 0.4) is 0 Å². The van der Waals surface area contributed by atoms with Gasteiger partial charge in [-0.25, -0.2) is 19.2 Å². The quantitative estimate of drug-likeness (QED) is 0.259. The molecule has 0 aliphatic carbocycles. The van der Waals surface area contributed by atoms with E-state index in [2.05, 4.69) is 37.8 Å². The zero-order valence-corrected chi connectivity index (χ0v) is 21.0. The van der Waals surface area contributed by atoms with Crippen LogP contribution in [-0.4, -0.2) is 59.1 Å². The molecule has 37 heavy (non-hydrogen) atoms. The van der Waals surface area contributed by atoms with E-state index in [0.29, 0.717) is 21.8 Å². The van der Waals surface area contributed by atoms with Crippen molar-refractivity contribution in [1.29, 1.82) is 0 Å². The number of methoxy groups -OCH3 is 1. The Kier molecular flexibility index (Phi) is 9.12. The van der Waals surface area contributed by atoms with E-state index in [4.69, 9.17) is 4.74 Å². The lowest BCUT2D eigenvalue weighted by atomic mass is 10.1. The monoisotopic (exact) mass is 525 g/mol. The molecule has 10 nitrogen and oxygen atoms in total. The van der Waals surface area contributed by atoms with Crippen LogP contribution in [0, 0.1) is 31.5 Å². The van der Waals surface area contributed by atoms with E-state index in [9.17, 15) is 23.9 Å². The minimum atomic E-state index is -1.13. The molecule has 0 aliphatic heterocycles. The fourth-order valence-electron chi connectivity index (χ4n) is 3.30. The van der Waals surface area contributed by atoms with Gasteiger partial charge in [0.15, 0.2) is 0 Å². The Morgan fingerprint density at radius 1 is 1.16 bits per heavy atom. The molecule has 192 valence electrons. The fraction of sp³-hybridized carbons (Fsp3) is 0.240. The number of ether oxygens (including phenoxy) is 1. The lowest BCUT2D eigenvalue weighted by molar-refractivity contribution is -0.142. The van der Waals surface area contributed by atoms with Gasteiger partial charge in [0.1, 0.15) is 17.6 Å². The highest BCUT2D eigenvalue weighted by Crippen LogP contribution is 2.15. The number of aromatic nitrogens is 2. The number of thiophene rings is 1. The van der Waals surface area contributed by atoms with Gasteiger partial charge in [0, 0.05) is 18.2 Å². The lowest BCUT2D eigenvalue weighted by Crippen LogP contribution is -2.49. The molecule has 2 amide bonds. The summed E-state index contributed by atoms with van der Waals surface area (Å²) in [6, 6.07) is 5.75. The molecule has 0 saturated heterocycles. The first-order chi connectivity index (χ1) is 17.7. The first-order valence-electron chi connectivity index (χ1n) is 11.0. The predicted octanol–water partition coefficient (Wildman–Crippen LogP) is 2.16. The number of aryl methyl sites for hydroxylation is 2. The van der Waals surface area contributed by atoms with E-state index >= 15 is 0 Å². The van der Waals surface area contributed by atoms with Crippen molar-refractivity contribution in [2.24, 2.45) is 0 Å². The molecule has 0 radical (unpaired) electrons. The maximum absolute atomic E-state index is 13.3. The summed E-state index contributed by atoms with van der Waals surface area (Å²) in [5.74, 6) is 3.19. The fourth-order valence-corrected chi connectivity index (χ4v) is 3.94. The second-order valence-corrected chi connectivity index (χ2v) is 8.63. The molecule has 0 spiro atoms. The van der Waals surface area contributed by atoms with Gasteiger partial charge in [-0.3, -0.25) is 9.59 Å². The average Bonchev–Trinajstić information content (AvgIpc) is 3.38. The van der Waals surface area contributed by atoms with Crippen molar-refractivity contribution in [3.63, 3.8) is 0 Å². The topological polar surface area (TPSA) is 143 Å². The predicted molar refractivity (Wildman–Crippen MR) is 135 cm³/mol. The Morgan fingerprint density at radius 3 is 2.51 bits per heavy atom. The van der Waals surface area contributed by atoms with Gasteiger partial charge in [0.05, 0.1) is 35.5 Å². The highest BCUT2D eigenvalue weighted by atomic mass is 32.1. The maximum atomic E-state index is 13.3. The Bertz CT molecular complexity index is 1320. The number of amides is 2. The first-order valence-corrected chi connectivity index (χ1v) is 11.8. The summed E-state index contributed by atoms with van der Waals surface area (Å²) in [4.78, 5) is 46.4. The van der Waals surface area contributed by atoms with E-state index in [1.807, 2.05) is 0 Å². The number of benzene rings is 1. The molecular formula is C25H24FN5O5S.